The third-order valence-electron chi connectivity index (χ3n) is 3.43. The summed E-state index contributed by atoms with van der Waals surface area (Å²) in [6, 6.07) is 7.82. The zero-order valence-electron chi connectivity index (χ0n) is 11.1. The topological polar surface area (TPSA) is 51.8 Å². The molecule has 5 heteroatoms. The number of rotatable bonds is 3. The zero-order valence-corrected chi connectivity index (χ0v) is 12.7. The van der Waals surface area contributed by atoms with Crippen LogP contribution in [0.2, 0.25) is 5.02 Å². The number of halogens is 1. The highest BCUT2D eigenvalue weighted by molar-refractivity contribution is 7.98. The van der Waals surface area contributed by atoms with Gasteiger partial charge in [0.2, 0.25) is 0 Å². The van der Waals surface area contributed by atoms with Crippen LogP contribution in [0, 0.1) is 0 Å². The quantitative estimate of drug-likeness (QED) is 0.874. The normalized spacial score (nSPS) is 14.1. The molecule has 104 valence electrons. The van der Waals surface area contributed by atoms with Crippen molar-refractivity contribution in [3.63, 3.8) is 0 Å². The van der Waals surface area contributed by atoms with E-state index < -0.39 is 0 Å². The van der Waals surface area contributed by atoms with E-state index in [0.717, 1.165) is 45.6 Å². The molecule has 0 radical (unpaired) electrons. The van der Waals surface area contributed by atoms with E-state index in [1.807, 2.05) is 24.3 Å². The Morgan fingerprint density at radius 2 is 2.05 bits per heavy atom. The molecule has 1 aliphatic carbocycles. The molecule has 1 aromatic heterocycles. The van der Waals surface area contributed by atoms with Crippen LogP contribution in [0.3, 0.4) is 0 Å². The maximum absolute atomic E-state index is 6.05. The van der Waals surface area contributed by atoms with E-state index in [2.05, 4.69) is 9.97 Å². The number of nitrogens with zero attached hydrogens (tertiary/aromatic N) is 2. The van der Waals surface area contributed by atoms with Gasteiger partial charge in [-0.3, -0.25) is 0 Å². The molecule has 20 heavy (non-hydrogen) atoms. The predicted molar refractivity (Wildman–Crippen MR) is 84.1 cm³/mol. The maximum atomic E-state index is 6.05. The van der Waals surface area contributed by atoms with Crippen molar-refractivity contribution in [1.82, 2.24) is 9.97 Å². The third kappa shape index (κ3) is 3.07. The second kappa shape index (κ2) is 6.02. The first-order chi connectivity index (χ1) is 9.72. The minimum atomic E-state index is 0.663. The van der Waals surface area contributed by atoms with Gasteiger partial charge in [0, 0.05) is 21.2 Å². The van der Waals surface area contributed by atoms with Crippen molar-refractivity contribution in [2.45, 2.75) is 36.3 Å². The molecule has 2 aromatic rings. The van der Waals surface area contributed by atoms with Gasteiger partial charge in [-0.05, 0) is 43.9 Å². The van der Waals surface area contributed by atoms with Crippen LogP contribution in [0.4, 0.5) is 5.82 Å². The Morgan fingerprint density at radius 3 is 2.90 bits per heavy atom. The number of aryl methyl sites for hydroxylation is 1. The number of hydrogen-bond donors (Lipinski definition) is 1. The first kappa shape index (κ1) is 13.7. The third-order valence-corrected chi connectivity index (χ3v) is 4.65. The van der Waals surface area contributed by atoms with Gasteiger partial charge in [-0.2, -0.15) is 0 Å². The van der Waals surface area contributed by atoms with Gasteiger partial charge >= 0.3 is 0 Å². The van der Waals surface area contributed by atoms with E-state index in [9.17, 15) is 0 Å². The Kier molecular flexibility index (Phi) is 4.13. The van der Waals surface area contributed by atoms with Gasteiger partial charge in [-0.15, -0.1) is 11.8 Å². The van der Waals surface area contributed by atoms with E-state index in [0.29, 0.717) is 5.82 Å². The smallest absolute Gasteiger partial charge is 0.141 e. The number of hydrogen-bond acceptors (Lipinski definition) is 4. The number of fused-ring (bicyclic) bond motifs is 1. The summed E-state index contributed by atoms with van der Waals surface area (Å²) in [5.74, 6) is 2.20. The predicted octanol–water partition coefficient (Wildman–Crippen LogP) is 3.88. The monoisotopic (exact) mass is 305 g/mol. The van der Waals surface area contributed by atoms with Gasteiger partial charge in [0.25, 0.3) is 0 Å². The molecular weight excluding hydrogens is 290 g/mol. The SMILES string of the molecule is Nc1nc(CSc2cccc(Cl)c2)nc2c1CCCC2. The second-order valence-electron chi connectivity index (χ2n) is 4.90. The Hall–Kier alpha value is -1.26. The summed E-state index contributed by atoms with van der Waals surface area (Å²) in [6.45, 7) is 0. The number of nitrogen functional groups attached to an aromatic ring is 1. The molecule has 0 atom stereocenters. The molecule has 1 aromatic carbocycles. The first-order valence-corrected chi connectivity index (χ1v) is 8.11. The van der Waals surface area contributed by atoms with Crippen molar-refractivity contribution in [1.29, 1.82) is 0 Å². The lowest BCUT2D eigenvalue weighted by Gasteiger charge is -2.17. The molecular formula is C15H16ClN3S. The summed E-state index contributed by atoms with van der Waals surface area (Å²) in [5, 5.41) is 0.751. The van der Waals surface area contributed by atoms with Crippen molar-refractivity contribution >= 4 is 29.2 Å². The van der Waals surface area contributed by atoms with E-state index in [4.69, 9.17) is 17.3 Å². The van der Waals surface area contributed by atoms with Gasteiger partial charge in [0.15, 0.2) is 0 Å². The summed E-state index contributed by atoms with van der Waals surface area (Å²) in [7, 11) is 0. The minimum absolute atomic E-state index is 0.663. The molecule has 2 N–H and O–H groups in total. The number of aromatic nitrogens is 2. The molecule has 0 bridgehead atoms. The molecule has 0 saturated heterocycles. The molecule has 0 spiro atoms. The summed E-state index contributed by atoms with van der Waals surface area (Å²) in [5.41, 5.74) is 8.36. The van der Waals surface area contributed by atoms with Gasteiger partial charge in [0.1, 0.15) is 11.6 Å². The average Bonchev–Trinajstić information content (AvgIpc) is 2.45. The lowest BCUT2D eigenvalue weighted by molar-refractivity contribution is 0.660. The van der Waals surface area contributed by atoms with Crippen LogP contribution in [0.1, 0.15) is 29.9 Å². The van der Waals surface area contributed by atoms with Crippen molar-refractivity contribution in [2.75, 3.05) is 5.73 Å². The first-order valence-electron chi connectivity index (χ1n) is 6.75. The van der Waals surface area contributed by atoms with Gasteiger partial charge in [-0.1, -0.05) is 17.7 Å². The van der Waals surface area contributed by atoms with E-state index in [-0.39, 0.29) is 0 Å². The zero-order chi connectivity index (χ0) is 13.9. The van der Waals surface area contributed by atoms with Crippen LogP contribution >= 0.6 is 23.4 Å². The fourth-order valence-corrected chi connectivity index (χ4v) is 3.51. The van der Waals surface area contributed by atoms with Crippen LogP contribution in [0.15, 0.2) is 29.2 Å². The molecule has 3 rings (SSSR count). The Morgan fingerprint density at radius 1 is 1.20 bits per heavy atom. The van der Waals surface area contributed by atoms with Crippen LogP contribution in [0.5, 0.6) is 0 Å². The Balaban J connectivity index is 1.76. The molecule has 0 unspecified atom stereocenters. The molecule has 1 heterocycles. The van der Waals surface area contributed by atoms with Crippen LogP contribution in [0.25, 0.3) is 0 Å². The molecule has 0 amide bonds. The summed E-state index contributed by atoms with van der Waals surface area (Å²) < 4.78 is 0. The number of benzene rings is 1. The van der Waals surface area contributed by atoms with E-state index in [1.54, 1.807) is 11.8 Å². The van der Waals surface area contributed by atoms with Crippen molar-refractivity contribution in [2.24, 2.45) is 0 Å². The average molecular weight is 306 g/mol. The molecule has 3 nitrogen and oxygen atoms in total. The van der Waals surface area contributed by atoms with Crippen LogP contribution in [-0.2, 0) is 18.6 Å². The number of anilines is 1. The van der Waals surface area contributed by atoms with Gasteiger partial charge < -0.3 is 5.73 Å². The van der Waals surface area contributed by atoms with Gasteiger partial charge in [0.05, 0.1) is 5.75 Å². The Bertz CT molecular complexity index is 631. The fourth-order valence-electron chi connectivity index (χ4n) is 2.45. The highest BCUT2D eigenvalue weighted by atomic mass is 35.5. The number of nitrogens with two attached hydrogens (primary N) is 1. The number of thioether (sulfide) groups is 1. The minimum Gasteiger partial charge on any atom is -0.383 e. The summed E-state index contributed by atoms with van der Waals surface area (Å²) >= 11 is 7.66. The van der Waals surface area contributed by atoms with Crippen molar-refractivity contribution < 1.29 is 0 Å². The Labute approximate surface area is 128 Å². The molecule has 0 fully saturated rings. The second-order valence-corrected chi connectivity index (χ2v) is 6.39. The highest BCUT2D eigenvalue weighted by Gasteiger charge is 2.16. The lowest BCUT2D eigenvalue weighted by atomic mass is 9.96. The fraction of sp³-hybridized carbons (Fsp3) is 0.333. The van der Waals surface area contributed by atoms with Crippen LogP contribution in [-0.4, -0.2) is 9.97 Å². The standard InChI is InChI=1S/C15H16ClN3S/c16-10-4-3-5-11(8-10)20-9-14-18-13-7-2-1-6-12(13)15(17)19-14/h3-5,8H,1-2,6-7,9H2,(H2,17,18,19). The summed E-state index contributed by atoms with van der Waals surface area (Å²) in [6.07, 6.45) is 4.43. The largest absolute Gasteiger partial charge is 0.383 e. The van der Waals surface area contributed by atoms with Crippen molar-refractivity contribution in [3.8, 4) is 0 Å². The highest BCUT2D eigenvalue weighted by Crippen LogP contribution is 2.27. The van der Waals surface area contributed by atoms with Crippen LogP contribution < -0.4 is 5.73 Å². The molecule has 0 saturated carbocycles. The lowest BCUT2D eigenvalue weighted by Crippen LogP contribution is -2.12. The van der Waals surface area contributed by atoms with Gasteiger partial charge in [-0.25, -0.2) is 9.97 Å². The maximum Gasteiger partial charge on any atom is 0.141 e. The molecule has 1 aliphatic rings. The molecule has 0 aliphatic heterocycles. The van der Waals surface area contributed by atoms with E-state index >= 15 is 0 Å². The van der Waals surface area contributed by atoms with E-state index in [1.165, 1.54) is 12.8 Å². The summed E-state index contributed by atoms with van der Waals surface area (Å²) in [4.78, 5) is 10.2. The van der Waals surface area contributed by atoms with Crippen molar-refractivity contribution in [3.05, 3.63) is 46.4 Å².